The van der Waals surface area contributed by atoms with Gasteiger partial charge in [-0.2, -0.15) is 0 Å². The highest BCUT2D eigenvalue weighted by atomic mass is 16.6. The average Bonchev–Trinajstić information content (AvgIpc) is 2.34. The van der Waals surface area contributed by atoms with Gasteiger partial charge in [0.1, 0.15) is 0 Å². The molecule has 0 unspecified atom stereocenters. The van der Waals surface area contributed by atoms with Crippen LogP contribution in [0.15, 0.2) is 18.2 Å². The minimum atomic E-state index is -1.07. The van der Waals surface area contributed by atoms with Crippen LogP contribution in [-0.2, 0) is 4.74 Å². The average molecular weight is 266 g/mol. The van der Waals surface area contributed by atoms with Gasteiger partial charge in [-0.15, -0.1) is 0 Å². The number of carboxylic acid groups (broad SMARTS) is 1. The van der Waals surface area contributed by atoms with Crippen molar-refractivity contribution in [2.75, 3.05) is 24.3 Å². The number of ether oxygens (including phenoxy) is 1. The molecule has 0 aliphatic carbocycles. The Hall–Kier alpha value is -2.24. The quantitative estimate of drug-likeness (QED) is 0.815. The van der Waals surface area contributed by atoms with E-state index in [1.807, 2.05) is 13.8 Å². The first-order valence-electron chi connectivity index (χ1n) is 5.86. The van der Waals surface area contributed by atoms with Gasteiger partial charge in [0.25, 0.3) is 0 Å². The molecule has 1 aromatic carbocycles. The topological polar surface area (TPSA) is 92.9 Å². The van der Waals surface area contributed by atoms with E-state index < -0.39 is 12.1 Å². The fourth-order valence-corrected chi connectivity index (χ4v) is 1.43. The molecular formula is C13H18N2O4. The van der Waals surface area contributed by atoms with Crippen molar-refractivity contribution in [3.8, 4) is 0 Å². The molecule has 0 bridgehead atoms. The molecule has 0 atom stereocenters. The highest BCUT2D eigenvalue weighted by molar-refractivity contribution is 5.95. The van der Waals surface area contributed by atoms with E-state index in [0.29, 0.717) is 12.3 Å². The van der Waals surface area contributed by atoms with Crippen molar-refractivity contribution in [1.82, 2.24) is 0 Å². The lowest BCUT2D eigenvalue weighted by atomic mass is 10.1. The molecule has 0 saturated carbocycles. The summed E-state index contributed by atoms with van der Waals surface area (Å²) in [5.41, 5.74) is 6.44. The Labute approximate surface area is 111 Å². The van der Waals surface area contributed by atoms with Gasteiger partial charge in [0.05, 0.1) is 23.5 Å². The summed E-state index contributed by atoms with van der Waals surface area (Å²) < 4.78 is 5.07. The summed E-state index contributed by atoms with van der Waals surface area (Å²) in [6.07, 6.45) is -0.525. The van der Waals surface area contributed by atoms with Crippen molar-refractivity contribution < 1.29 is 19.4 Å². The first-order chi connectivity index (χ1) is 8.82. The maximum atomic E-state index is 11.8. The molecule has 6 heteroatoms. The second-order valence-corrected chi connectivity index (χ2v) is 4.61. The number of carbonyl (C=O) groups is 2. The van der Waals surface area contributed by atoms with Crippen LogP contribution in [0.2, 0.25) is 0 Å². The van der Waals surface area contributed by atoms with Crippen molar-refractivity contribution in [3.63, 3.8) is 0 Å². The fraction of sp³-hybridized carbons (Fsp3) is 0.385. The highest BCUT2D eigenvalue weighted by Gasteiger charge is 2.16. The lowest BCUT2D eigenvalue weighted by Crippen LogP contribution is -2.29. The number of hydrogen-bond acceptors (Lipinski definition) is 4. The molecule has 0 fully saturated rings. The molecule has 0 saturated heterocycles. The molecule has 3 N–H and O–H groups in total. The number of nitrogen functional groups attached to an aromatic ring is 1. The third-order valence-electron chi connectivity index (χ3n) is 2.45. The third kappa shape index (κ3) is 3.87. The monoisotopic (exact) mass is 266 g/mol. The molecule has 0 aliphatic rings. The first-order valence-corrected chi connectivity index (χ1v) is 5.86. The summed E-state index contributed by atoms with van der Waals surface area (Å²) in [7, 11) is 1.52. The zero-order valence-corrected chi connectivity index (χ0v) is 11.2. The summed E-state index contributed by atoms with van der Waals surface area (Å²) >= 11 is 0. The van der Waals surface area contributed by atoms with Crippen LogP contribution >= 0.6 is 0 Å². The number of benzene rings is 1. The summed E-state index contributed by atoms with van der Waals surface area (Å²) in [4.78, 5) is 23.8. The van der Waals surface area contributed by atoms with E-state index in [1.54, 1.807) is 0 Å². The van der Waals surface area contributed by atoms with Gasteiger partial charge in [-0.05, 0) is 24.1 Å². The van der Waals surface area contributed by atoms with Crippen molar-refractivity contribution >= 4 is 23.4 Å². The van der Waals surface area contributed by atoms with Crippen molar-refractivity contribution in [3.05, 3.63) is 23.8 Å². The molecule has 0 aliphatic heterocycles. The molecule has 104 valence electrons. The number of nitrogens with two attached hydrogens (primary N) is 1. The molecule has 6 nitrogen and oxygen atoms in total. The maximum Gasteiger partial charge on any atom is 0.414 e. The lowest BCUT2D eigenvalue weighted by Gasteiger charge is -2.19. The highest BCUT2D eigenvalue weighted by Crippen LogP contribution is 2.24. The Morgan fingerprint density at radius 2 is 2.05 bits per heavy atom. The van der Waals surface area contributed by atoms with Crippen LogP contribution in [0.4, 0.5) is 16.2 Å². The number of carboxylic acids is 1. The van der Waals surface area contributed by atoms with Crippen molar-refractivity contribution in [2.45, 2.75) is 13.8 Å². The Bertz CT molecular complexity index is 486. The zero-order valence-electron chi connectivity index (χ0n) is 11.2. The van der Waals surface area contributed by atoms with Gasteiger partial charge in [0.15, 0.2) is 0 Å². The number of carbonyl (C=O) groups excluding carboxylic acids is 1. The molecular weight excluding hydrogens is 248 g/mol. The van der Waals surface area contributed by atoms with Gasteiger partial charge in [-0.25, -0.2) is 9.59 Å². The van der Waals surface area contributed by atoms with Crippen LogP contribution in [-0.4, -0.2) is 30.8 Å². The number of rotatable bonds is 4. The van der Waals surface area contributed by atoms with E-state index >= 15 is 0 Å². The van der Waals surface area contributed by atoms with E-state index in [0.717, 1.165) is 0 Å². The third-order valence-corrected chi connectivity index (χ3v) is 2.45. The first kappa shape index (κ1) is 14.8. The predicted octanol–water partition coefficient (Wildman–Crippen LogP) is 2.20. The molecule has 1 aromatic rings. The minimum Gasteiger partial charge on any atom is -0.478 e. The van der Waals surface area contributed by atoms with Gasteiger partial charge in [-0.1, -0.05) is 13.8 Å². The number of aromatic carboxylic acids is 1. The van der Waals surface area contributed by atoms with E-state index in [1.165, 1.54) is 30.1 Å². The Kier molecular flexibility index (Phi) is 4.74. The summed E-state index contributed by atoms with van der Waals surface area (Å²) in [6.45, 7) is 4.18. The number of anilines is 2. The van der Waals surface area contributed by atoms with E-state index in [4.69, 9.17) is 15.6 Å². The smallest absolute Gasteiger partial charge is 0.414 e. The SMILES string of the molecule is CC(C)COC(=O)N(C)c1ccc(C(=O)O)cc1N. The van der Waals surface area contributed by atoms with Crippen molar-refractivity contribution in [1.29, 1.82) is 0 Å². The van der Waals surface area contributed by atoms with E-state index in [9.17, 15) is 9.59 Å². The normalized spacial score (nSPS) is 10.3. The van der Waals surface area contributed by atoms with Crippen LogP contribution in [0.1, 0.15) is 24.2 Å². The van der Waals surface area contributed by atoms with Crippen molar-refractivity contribution in [2.24, 2.45) is 5.92 Å². The van der Waals surface area contributed by atoms with Crippen LogP contribution in [0.3, 0.4) is 0 Å². The maximum absolute atomic E-state index is 11.8. The van der Waals surface area contributed by atoms with Gasteiger partial charge in [0, 0.05) is 7.05 Å². The molecule has 0 radical (unpaired) electrons. The predicted molar refractivity (Wildman–Crippen MR) is 72.4 cm³/mol. The van der Waals surface area contributed by atoms with Gasteiger partial charge >= 0.3 is 12.1 Å². The van der Waals surface area contributed by atoms with E-state index in [-0.39, 0.29) is 17.2 Å². The van der Waals surface area contributed by atoms with Gasteiger partial charge < -0.3 is 15.6 Å². The van der Waals surface area contributed by atoms with Gasteiger partial charge in [-0.3, -0.25) is 4.90 Å². The second kappa shape index (κ2) is 6.08. The van der Waals surface area contributed by atoms with E-state index in [2.05, 4.69) is 0 Å². The molecule has 0 spiro atoms. The number of nitrogens with zero attached hydrogens (tertiary/aromatic N) is 1. The number of hydrogen-bond donors (Lipinski definition) is 2. The molecule has 0 heterocycles. The minimum absolute atomic E-state index is 0.0743. The molecule has 0 aromatic heterocycles. The largest absolute Gasteiger partial charge is 0.478 e. The molecule has 1 amide bonds. The lowest BCUT2D eigenvalue weighted by molar-refractivity contribution is 0.0697. The van der Waals surface area contributed by atoms with Crippen LogP contribution in [0.5, 0.6) is 0 Å². The summed E-state index contributed by atoms with van der Waals surface area (Å²) in [5, 5.41) is 8.83. The number of amides is 1. The molecule has 19 heavy (non-hydrogen) atoms. The summed E-state index contributed by atoms with van der Waals surface area (Å²) in [6, 6.07) is 4.18. The van der Waals surface area contributed by atoms with Crippen LogP contribution < -0.4 is 10.6 Å². The zero-order chi connectivity index (χ0) is 14.6. The summed E-state index contributed by atoms with van der Waals surface area (Å²) in [5.74, 6) is -0.827. The second-order valence-electron chi connectivity index (χ2n) is 4.61. The Morgan fingerprint density at radius 1 is 1.42 bits per heavy atom. The standard InChI is InChI=1S/C13H18N2O4/c1-8(2)7-19-13(18)15(3)11-5-4-9(12(16)17)6-10(11)14/h4-6,8H,7,14H2,1-3H3,(H,16,17). The Morgan fingerprint density at radius 3 is 2.53 bits per heavy atom. The van der Waals surface area contributed by atoms with Crippen LogP contribution in [0.25, 0.3) is 0 Å². The fourth-order valence-electron chi connectivity index (χ4n) is 1.43. The van der Waals surface area contributed by atoms with Gasteiger partial charge in [0.2, 0.25) is 0 Å². The molecule has 1 rings (SSSR count). The van der Waals surface area contributed by atoms with Crippen LogP contribution in [0, 0.1) is 5.92 Å². The Balaban J connectivity index is 2.85.